The van der Waals surface area contributed by atoms with Crippen LogP contribution in [0, 0.1) is 0 Å². The molecular weight excluding hydrogens is 502 g/mol. The molecule has 6 aromatic carbocycles. The minimum atomic E-state index is 0.535. The number of para-hydroxylation sites is 1. The van der Waals surface area contributed by atoms with E-state index in [2.05, 4.69) is 65.2 Å². The smallest absolute Gasteiger partial charge is 0.247 e. The van der Waals surface area contributed by atoms with Gasteiger partial charge in [0.1, 0.15) is 16.8 Å². The van der Waals surface area contributed by atoms with Crippen molar-refractivity contribution in [3.05, 3.63) is 114 Å². The van der Waals surface area contributed by atoms with Crippen molar-refractivity contribution in [2.75, 3.05) is 0 Å². The number of aromatic nitrogens is 3. The van der Waals surface area contributed by atoms with Gasteiger partial charge in [-0.2, -0.15) is 0 Å². The fraction of sp³-hybridized carbons (Fsp3) is 0. The van der Waals surface area contributed by atoms with Crippen molar-refractivity contribution in [1.82, 2.24) is 14.5 Å². The maximum absolute atomic E-state index is 6.49. The Labute approximate surface area is 227 Å². The molecule has 0 aliphatic rings. The number of rotatable bonds is 2. The number of benzene rings is 6. The summed E-state index contributed by atoms with van der Waals surface area (Å²) in [5.74, 6) is 0.776. The molecule has 0 aliphatic carbocycles. The maximum Gasteiger partial charge on any atom is 0.247 e. The molecule has 4 nitrogen and oxygen atoms in total. The van der Waals surface area contributed by atoms with Gasteiger partial charge >= 0.3 is 0 Å². The second kappa shape index (κ2) is 7.56. The molecule has 3 heterocycles. The standard InChI is InChI=1S/C34H18ClN3O/c35-20-16-17-21-22-11-6-13-26-29(22)30-23(25(21)18-20)12-7-14-27(30)38(26)33-31(19-8-2-1-3-9-19)37-34-32(36-33)24-10-4-5-15-28(24)39-34/h1-18H. The summed E-state index contributed by atoms with van der Waals surface area (Å²) in [7, 11) is 0. The minimum Gasteiger partial charge on any atom is -0.436 e. The van der Waals surface area contributed by atoms with Crippen LogP contribution < -0.4 is 0 Å². The van der Waals surface area contributed by atoms with Crippen LogP contribution in [-0.4, -0.2) is 14.5 Å². The third kappa shape index (κ3) is 2.78. The van der Waals surface area contributed by atoms with Crippen LogP contribution in [0.15, 0.2) is 114 Å². The number of halogens is 1. The van der Waals surface area contributed by atoms with Gasteiger partial charge in [0.2, 0.25) is 5.71 Å². The van der Waals surface area contributed by atoms with Gasteiger partial charge < -0.3 is 4.42 Å². The van der Waals surface area contributed by atoms with Gasteiger partial charge in [-0.15, -0.1) is 0 Å². The predicted octanol–water partition coefficient (Wildman–Crippen LogP) is 9.54. The van der Waals surface area contributed by atoms with E-state index in [0.29, 0.717) is 5.71 Å². The second-order valence-corrected chi connectivity index (χ2v) is 10.4. The first-order valence-corrected chi connectivity index (χ1v) is 13.3. The van der Waals surface area contributed by atoms with Crippen LogP contribution in [0.3, 0.4) is 0 Å². The largest absolute Gasteiger partial charge is 0.436 e. The van der Waals surface area contributed by atoms with E-state index in [9.17, 15) is 0 Å². The highest BCUT2D eigenvalue weighted by Crippen LogP contribution is 2.45. The van der Waals surface area contributed by atoms with Crippen molar-refractivity contribution in [3.63, 3.8) is 0 Å². The molecule has 0 radical (unpaired) electrons. The van der Waals surface area contributed by atoms with E-state index in [-0.39, 0.29) is 0 Å². The molecule has 0 N–H and O–H groups in total. The molecule has 0 atom stereocenters. The van der Waals surface area contributed by atoms with Gasteiger partial charge in [0, 0.05) is 26.7 Å². The lowest BCUT2D eigenvalue weighted by Gasteiger charge is -2.12. The van der Waals surface area contributed by atoms with Gasteiger partial charge in [-0.1, -0.05) is 84.4 Å². The van der Waals surface area contributed by atoms with Gasteiger partial charge in [-0.25, -0.2) is 9.97 Å². The Bertz CT molecular complexity index is 2400. The van der Waals surface area contributed by atoms with E-state index >= 15 is 0 Å². The Balaban J connectivity index is 1.52. The SMILES string of the molecule is Clc1ccc2c(c1)c1cccc3c1c1c2cccc1n3-c1nc2c(nc1-c1ccccc1)oc1ccccc12. The Kier molecular flexibility index (Phi) is 4.08. The van der Waals surface area contributed by atoms with E-state index in [1.807, 2.05) is 48.5 Å². The summed E-state index contributed by atoms with van der Waals surface area (Å²) in [5, 5.41) is 8.82. The molecule has 0 saturated carbocycles. The third-order valence-electron chi connectivity index (χ3n) is 7.83. The highest BCUT2D eigenvalue weighted by molar-refractivity contribution is 6.37. The monoisotopic (exact) mass is 519 g/mol. The Morgan fingerprint density at radius 3 is 2.08 bits per heavy atom. The number of hydrogen-bond acceptors (Lipinski definition) is 3. The lowest BCUT2D eigenvalue weighted by Crippen LogP contribution is -2.03. The summed E-state index contributed by atoms with van der Waals surface area (Å²) in [6, 6.07) is 37.3. The number of fused-ring (bicyclic) bond motifs is 6. The normalized spacial score (nSPS) is 12.2. The van der Waals surface area contributed by atoms with Crippen molar-refractivity contribution >= 4 is 77.2 Å². The molecule has 182 valence electrons. The molecule has 0 unspecified atom stereocenters. The molecule has 9 rings (SSSR count). The first-order chi connectivity index (χ1) is 19.3. The van der Waals surface area contributed by atoms with Crippen LogP contribution in [0.5, 0.6) is 0 Å². The average molecular weight is 520 g/mol. The van der Waals surface area contributed by atoms with Crippen LogP contribution in [0.1, 0.15) is 0 Å². The maximum atomic E-state index is 6.49. The van der Waals surface area contributed by atoms with E-state index in [1.165, 1.54) is 26.9 Å². The molecule has 0 bridgehead atoms. The molecule has 0 spiro atoms. The van der Waals surface area contributed by atoms with E-state index < -0.39 is 0 Å². The Morgan fingerprint density at radius 1 is 0.590 bits per heavy atom. The summed E-state index contributed by atoms with van der Waals surface area (Å²) in [4.78, 5) is 10.4. The molecule has 39 heavy (non-hydrogen) atoms. The van der Waals surface area contributed by atoms with Gasteiger partial charge in [-0.3, -0.25) is 4.57 Å². The average Bonchev–Trinajstić information content (AvgIpc) is 3.52. The molecular formula is C34H18ClN3O. The molecule has 9 aromatic rings. The number of hydrogen-bond donors (Lipinski definition) is 0. The molecule has 0 fully saturated rings. The van der Waals surface area contributed by atoms with E-state index in [0.717, 1.165) is 55.0 Å². The molecule has 3 aromatic heterocycles. The lowest BCUT2D eigenvalue weighted by molar-refractivity contribution is 0.653. The zero-order chi connectivity index (χ0) is 25.7. The Morgan fingerprint density at radius 2 is 1.28 bits per heavy atom. The van der Waals surface area contributed by atoms with Crippen LogP contribution >= 0.6 is 11.6 Å². The predicted molar refractivity (Wildman–Crippen MR) is 160 cm³/mol. The van der Waals surface area contributed by atoms with Crippen molar-refractivity contribution in [2.24, 2.45) is 0 Å². The highest BCUT2D eigenvalue weighted by atomic mass is 35.5. The van der Waals surface area contributed by atoms with Crippen LogP contribution in [0.4, 0.5) is 0 Å². The first-order valence-electron chi connectivity index (χ1n) is 12.9. The van der Waals surface area contributed by atoms with E-state index in [1.54, 1.807) is 0 Å². The minimum absolute atomic E-state index is 0.535. The lowest BCUT2D eigenvalue weighted by atomic mass is 9.94. The third-order valence-corrected chi connectivity index (χ3v) is 8.07. The van der Waals surface area contributed by atoms with Gasteiger partial charge in [0.05, 0.1) is 11.0 Å². The summed E-state index contributed by atoms with van der Waals surface area (Å²) < 4.78 is 8.43. The fourth-order valence-electron chi connectivity index (χ4n) is 6.22. The highest BCUT2D eigenvalue weighted by Gasteiger charge is 2.24. The summed E-state index contributed by atoms with van der Waals surface area (Å²) in [6.45, 7) is 0. The summed E-state index contributed by atoms with van der Waals surface area (Å²) >= 11 is 6.49. The quantitative estimate of drug-likeness (QED) is 0.213. The second-order valence-electron chi connectivity index (χ2n) is 9.94. The summed E-state index contributed by atoms with van der Waals surface area (Å²) in [5.41, 5.74) is 6.00. The van der Waals surface area contributed by atoms with Crippen molar-refractivity contribution in [1.29, 1.82) is 0 Å². The topological polar surface area (TPSA) is 43.9 Å². The van der Waals surface area contributed by atoms with Crippen molar-refractivity contribution in [3.8, 4) is 17.1 Å². The molecule has 0 aliphatic heterocycles. The number of nitrogens with zero attached hydrogens (tertiary/aromatic N) is 3. The van der Waals surface area contributed by atoms with E-state index in [4.69, 9.17) is 26.0 Å². The van der Waals surface area contributed by atoms with Crippen LogP contribution in [0.2, 0.25) is 5.02 Å². The Hall–Kier alpha value is -4.93. The van der Waals surface area contributed by atoms with Gasteiger partial charge in [0.25, 0.3) is 0 Å². The number of furan rings is 1. The van der Waals surface area contributed by atoms with Crippen molar-refractivity contribution < 1.29 is 4.42 Å². The molecule has 0 amide bonds. The molecule has 0 saturated heterocycles. The fourth-order valence-corrected chi connectivity index (χ4v) is 6.39. The van der Waals surface area contributed by atoms with Crippen LogP contribution in [-0.2, 0) is 0 Å². The molecule has 5 heteroatoms. The van der Waals surface area contributed by atoms with Crippen LogP contribution in [0.25, 0.3) is 82.6 Å². The zero-order valence-corrected chi connectivity index (χ0v) is 21.3. The van der Waals surface area contributed by atoms with Gasteiger partial charge in [-0.05, 0) is 57.9 Å². The zero-order valence-electron chi connectivity index (χ0n) is 20.5. The first kappa shape index (κ1) is 21.1. The summed E-state index contributed by atoms with van der Waals surface area (Å²) in [6.07, 6.45) is 0. The van der Waals surface area contributed by atoms with Gasteiger partial charge in [0.15, 0.2) is 5.82 Å². The van der Waals surface area contributed by atoms with Crippen molar-refractivity contribution in [2.45, 2.75) is 0 Å².